The zero-order valence-corrected chi connectivity index (χ0v) is 17.9. The van der Waals surface area contributed by atoms with Crippen LogP contribution in [0.3, 0.4) is 0 Å². The van der Waals surface area contributed by atoms with Crippen LogP contribution in [0.1, 0.15) is 41.9 Å². The van der Waals surface area contributed by atoms with Crippen molar-refractivity contribution in [2.24, 2.45) is 0 Å². The summed E-state index contributed by atoms with van der Waals surface area (Å²) in [6.45, 7) is 1.03. The van der Waals surface area contributed by atoms with Crippen LogP contribution in [0.2, 0.25) is 0 Å². The van der Waals surface area contributed by atoms with Crippen molar-refractivity contribution in [2.45, 2.75) is 44.1 Å². The Kier molecular flexibility index (Phi) is 5.60. The second kappa shape index (κ2) is 8.69. The van der Waals surface area contributed by atoms with Gasteiger partial charge in [0.05, 0.1) is 5.52 Å². The van der Waals surface area contributed by atoms with Gasteiger partial charge < -0.3 is 10.2 Å². The normalized spacial score (nSPS) is 18.9. The zero-order valence-electron chi connectivity index (χ0n) is 17.9. The van der Waals surface area contributed by atoms with Crippen LogP contribution in [0.4, 0.5) is 4.39 Å². The number of piperidine rings is 1. The van der Waals surface area contributed by atoms with Gasteiger partial charge in [0, 0.05) is 30.7 Å². The monoisotopic (exact) mass is 431 g/mol. The molecule has 0 saturated carbocycles. The number of carbonyl (C=O) groups is 2. The number of rotatable bonds is 2. The number of hydrogen-bond acceptors (Lipinski definition) is 3. The van der Waals surface area contributed by atoms with Gasteiger partial charge in [-0.3, -0.25) is 14.6 Å². The first kappa shape index (κ1) is 20.6. The van der Waals surface area contributed by atoms with Crippen LogP contribution in [0, 0.1) is 5.82 Å². The van der Waals surface area contributed by atoms with E-state index < -0.39 is 11.8 Å². The molecule has 2 aliphatic rings. The fourth-order valence-corrected chi connectivity index (χ4v) is 5.10. The molecule has 0 spiro atoms. The van der Waals surface area contributed by atoms with Crippen molar-refractivity contribution in [2.75, 3.05) is 13.1 Å². The minimum absolute atomic E-state index is 0.00281. The number of pyridine rings is 1. The summed E-state index contributed by atoms with van der Waals surface area (Å²) in [6.07, 6.45) is 5.77. The average molecular weight is 432 g/mol. The van der Waals surface area contributed by atoms with Gasteiger partial charge in [0.15, 0.2) is 0 Å². The summed E-state index contributed by atoms with van der Waals surface area (Å²) in [4.78, 5) is 31.4. The highest BCUT2D eigenvalue weighted by Crippen LogP contribution is 2.32. The highest BCUT2D eigenvalue weighted by Gasteiger charge is 2.30. The van der Waals surface area contributed by atoms with E-state index in [0.717, 1.165) is 48.6 Å². The quantitative estimate of drug-likeness (QED) is 0.629. The lowest BCUT2D eigenvalue weighted by Gasteiger charge is -2.33. The Bertz CT molecular complexity index is 1170. The van der Waals surface area contributed by atoms with E-state index in [9.17, 15) is 14.0 Å². The Hall–Kier alpha value is -3.28. The molecule has 1 unspecified atom stereocenters. The third-order valence-electron chi connectivity index (χ3n) is 6.84. The molecular weight excluding hydrogens is 405 g/mol. The molecule has 32 heavy (non-hydrogen) atoms. The number of likely N-dealkylation sites (tertiary alicyclic amines) is 1. The number of hydrogen-bond donors (Lipinski definition) is 1. The number of fused-ring (bicyclic) bond motifs is 2. The van der Waals surface area contributed by atoms with E-state index in [-0.39, 0.29) is 17.8 Å². The predicted octanol–water partition coefficient (Wildman–Crippen LogP) is 3.75. The lowest BCUT2D eigenvalue weighted by Crippen LogP contribution is -2.49. The van der Waals surface area contributed by atoms with Gasteiger partial charge in [-0.05, 0) is 79.0 Å². The zero-order chi connectivity index (χ0) is 22.1. The summed E-state index contributed by atoms with van der Waals surface area (Å²) in [7, 11) is 0. The Morgan fingerprint density at radius 1 is 1.00 bits per heavy atom. The number of amides is 2. The molecule has 0 radical (unpaired) electrons. The molecule has 2 aromatic carbocycles. The van der Waals surface area contributed by atoms with E-state index in [1.807, 2.05) is 18.2 Å². The van der Waals surface area contributed by atoms with Gasteiger partial charge in [-0.1, -0.05) is 24.3 Å². The Labute approximate surface area is 186 Å². The van der Waals surface area contributed by atoms with Gasteiger partial charge in [0.2, 0.25) is 0 Å². The van der Waals surface area contributed by atoms with E-state index >= 15 is 0 Å². The third-order valence-corrected chi connectivity index (χ3v) is 6.84. The molecular formula is C26H26FN3O2. The van der Waals surface area contributed by atoms with Crippen molar-refractivity contribution in [3.63, 3.8) is 0 Å². The maximum absolute atomic E-state index is 13.8. The average Bonchev–Trinajstić information content (AvgIpc) is 2.83. The maximum atomic E-state index is 13.8. The van der Waals surface area contributed by atoms with Gasteiger partial charge in [0.25, 0.3) is 0 Å². The van der Waals surface area contributed by atoms with Crippen molar-refractivity contribution < 1.29 is 14.0 Å². The van der Waals surface area contributed by atoms with Gasteiger partial charge in [0.1, 0.15) is 5.82 Å². The topological polar surface area (TPSA) is 62.3 Å². The summed E-state index contributed by atoms with van der Waals surface area (Å²) in [5.41, 5.74) is 4.41. The maximum Gasteiger partial charge on any atom is 0.311 e. The predicted molar refractivity (Wildman–Crippen MR) is 121 cm³/mol. The molecule has 1 saturated heterocycles. The van der Waals surface area contributed by atoms with Crippen LogP contribution in [-0.2, 0) is 22.4 Å². The van der Waals surface area contributed by atoms with Crippen molar-refractivity contribution >= 4 is 22.7 Å². The number of nitrogens with zero attached hydrogens (tertiary/aromatic N) is 2. The van der Waals surface area contributed by atoms with E-state index in [2.05, 4.69) is 22.4 Å². The molecule has 1 aliphatic carbocycles. The van der Waals surface area contributed by atoms with Crippen molar-refractivity contribution in [3.05, 3.63) is 77.2 Å². The summed E-state index contributed by atoms with van der Waals surface area (Å²) < 4.78 is 13.8. The third kappa shape index (κ3) is 4.09. The van der Waals surface area contributed by atoms with Crippen molar-refractivity contribution in [1.29, 1.82) is 0 Å². The van der Waals surface area contributed by atoms with Crippen molar-refractivity contribution in [1.82, 2.24) is 15.2 Å². The SMILES string of the molecule is O=C(NC1CCc2ccccc2C1)C(=O)N1CCC(c2ccnc3ccc(F)cc23)CC1. The lowest BCUT2D eigenvalue weighted by atomic mass is 9.87. The summed E-state index contributed by atoms with van der Waals surface area (Å²) >= 11 is 0. The van der Waals surface area contributed by atoms with Gasteiger partial charge in [-0.15, -0.1) is 0 Å². The molecule has 1 N–H and O–H groups in total. The smallest absolute Gasteiger partial charge is 0.311 e. The highest BCUT2D eigenvalue weighted by molar-refractivity contribution is 6.35. The summed E-state index contributed by atoms with van der Waals surface area (Å²) in [5, 5.41) is 3.78. The number of benzene rings is 2. The molecule has 2 heterocycles. The molecule has 2 amide bonds. The standard InChI is InChI=1S/C26H26FN3O2/c27-20-6-8-24-23(16-20)22(9-12-28-24)18-10-13-30(14-11-18)26(32)25(31)29-21-7-5-17-3-1-2-4-19(17)15-21/h1-4,6,8-9,12,16,18,21H,5,7,10-11,13-15H2,(H,29,31). The van der Waals surface area contributed by atoms with E-state index in [1.54, 1.807) is 17.2 Å². The first-order chi connectivity index (χ1) is 15.6. The second-order valence-corrected chi connectivity index (χ2v) is 8.81. The second-order valence-electron chi connectivity index (χ2n) is 8.81. The van der Waals surface area contributed by atoms with Crippen LogP contribution in [0.5, 0.6) is 0 Å². The lowest BCUT2D eigenvalue weighted by molar-refractivity contribution is -0.147. The highest BCUT2D eigenvalue weighted by atomic mass is 19.1. The Balaban J connectivity index is 1.20. The van der Waals surface area contributed by atoms with E-state index in [0.29, 0.717) is 13.1 Å². The van der Waals surface area contributed by atoms with Crippen molar-refractivity contribution in [3.8, 4) is 0 Å². The first-order valence-electron chi connectivity index (χ1n) is 11.3. The van der Waals surface area contributed by atoms with Crippen LogP contribution >= 0.6 is 0 Å². The Morgan fingerprint density at radius 2 is 1.78 bits per heavy atom. The molecule has 1 atom stereocenters. The summed E-state index contributed by atoms with van der Waals surface area (Å²) in [6, 6.07) is 14.9. The Morgan fingerprint density at radius 3 is 2.59 bits per heavy atom. The number of carbonyl (C=O) groups excluding carboxylic acids is 2. The van der Waals surface area contributed by atoms with Gasteiger partial charge >= 0.3 is 11.8 Å². The molecule has 164 valence electrons. The molecule has 3 aromatic rings. The minimum Gasteiger partial charge on any atom is -0.345 e. The minimum atomic E-state index is -0.510. The molecule has 6 heteroatoms. The summed E-state index contributed by atoms with van der Waals surface area (Å²) in [5.74, 6) is -1.03. The first-order valence-corrected chi connectivity index (χ1v) is 11.3. The van der Waals surface area contributed by atoms with Gasteiger partial charge in [-0.2, -0.15) is 0 Å². The number of aromatic nitrogens is 1. The van der Waals surface area contributed by atoms with Crippen LogP contribution in [0.15, 0.2) is 54.7 Å². The largest absolute Gasteiger partial charge is 0.345 e. The van der Waals surface area contributed by atoms with E-state index in [4.69, 9.17) is 0 Å². The van der Waals surface area contributed by atoms with Crippen LogP contribution in [-0.4, -0.2) is 40.8 Å². The fraction of sp³-hybridized carbons (Fsp3) is 0.346. The molecule has 1 fully saturated rings. The van der Waals surface area contributed by atoms with E-state index in [1.165, 1.54) is 23.3 Å². The number of halogens is 1. The van der Waals surface area contributed by atoms with Crippen LogP contribution < -0.4 is 5.32 Å². The molecule has 5 nitrogen and oxygen atoms in total. The molecule has 1 aromatic heterocycles. The molecule has 1 aliphatic heterocycles. The fourth-order valence-electron chi connectivity index (χ4n) is 5.10. The van der Waals surface area contributed by atoms with Gasteiger partial charge in [-0.25, -0.2) is 4.39 Å². The molecule has 0 bridgehead atoms. The number of aryl methyl sites for hydroxylation is 1. The number of nitrogens with one attached hydrogen (secondary N) is 1. The molecule has 5 rings (SSSR count). The van der Waals surface area contributed by atoms with Crippen LogP contribution in [0.25, 0.3) is 10.9 Å².